The van der Waals surface area contributed by atoms with Gasteiger partial charge in [-0.3, -0.25) is 10.1 Å². The smallest absolute Gasteiger partial charge is 0.270 e. The molecule has 0 aliphatic heterocycles. The van der Waals surface area contributed by atoms with Crippen LogP contribution in [0.3, 0.4) is 0 Å². The fourth-order valence-corrected chi connectivity index (χ4v) is 1.02. The fraction of sp³-hybridized carbons (Fsp3) is 0.273. The lowest BCUT2D eigenvalue weighted by Crippen LogP contribution is -1.94. The second-order valence-corrected chi connectivity index (χ2v) is 3.34. The molecule has 0 unspecified atom stereocenters. The van der Waals surface area contributed by atoms with Crippen LogP contribution in [0.1, 0.15) is 19.4 Å². The van der Waals surface area contributed by atoms with E-state index in [4.69, 9.17) is 4.74 Å². The van der Waals surface area contributed by atoms with Crippen molar-refractivity contribution in [2.75, 3.05) is 0 Å². The molecule has 1 rings (SSSR count). The minimum atomic E-state index is -0.416. The highest BCUT2D eigenvalue weighted by Gasteiger charge is 2.03. The number of hydrogen-bond acceptors (Lipinski definition) is 3. The maximum Gasteiger partial charge on any atom is 0.270 e. The van der Waals surface area contributed by atoms with Gasteiger partial charge in [-0.1, -0.05) is 12.1 Å². The van der Waals surface area contributed by atoms with Gasteiger partial charge in [0.05, 0.1) is 17.3 Å². The molecule has 0 radical (unpaired) electrons. The first-order chi connectivity index (χ1) is 7.09. The Morgan fingerprint density at radius 2 is 2.20 bits per heavy atom. The Morgan fingerprint density at radius 3 is 2.80 bits per heavy atom. The summed E-state index contributed by atoms with van der Waals surface area (Å²) in [6.07, 6.45) is 3.36. The van der Waals surface area contributed by atoms with Crippen molar-refractivity contribution in [1.29, 1.82) is 0 Å². The third-order valence-corrected chi connectivity index (χ3v) is 1.69. The molecule has 1 aromatic rings. The predicted octanol–water partition coefficient (Wildman–Crippen LogP) is 2.99. The van der Waals surface area contributed by atoms with E-state index in [1.165, 1.54) is 12.1 Å². The van der Waals surface area contributed by atoms with Crippen LogP contribution in [0, 0.1) is 10.1 Å². The van der Waals surface area contributed by atoms with Crippen LogP contribution in [0.5, 0.6) is 0 Å². The lowest BCUT2D eigenvalue weighted by molar-refractivity contribution is -0.384. The van der Waals surface area contributed by atoms with Crippen molar-refractivity contribution in [2.45, 2.75) is 20.0 Å². The van der Waals surface area contributed by atoms with Crippen LogP contribution in [0.4, 0.5) is 5.69 Å². The van der Waals surface area contributed by atoms with Crippen LogP contribution < -0.4 is 0 Å². The molecule has 0 saturated carbocycles. The van der Waals surface area contributed by atoms with E-state index in [9.17, 15) is 10.1 Å². The molecule has 0 saturated heterocycles. The summed E-state index contributed by atoms with van der Waals surface area (Å²) >= 11 is 0. The Morgan fingerprint density at radius 1 is 1.47 bits per heavy atom. The van der Waals surface area contributed by atoms with Crippen LogP contribution in [-0.4, -0.2) is 11.0 Å². The maximum atomic E-state index is 10.5. The number of hydrogen-bond donors (Lipinski definition) is 0. The minimum Gasteiger partial charge on any atom is -0.499 e. The zero-order valence-corrected chi connectivity index (χ0v) is 8.71. The molecule has 0 amide bonds. The second kappa shape index (κ2) is 5.14. The molecule has 0 aliphatic rings. The monoisotopic (exact) mass is 207 g/mol. The summed E-state index contributed by atoms with van der Waals surface area (Å²) in [6, 6.07) is 6.39. The highest BCUT2D eigenvalue weighted by Crippen LogP contribution is 2.14. The van der Waals surface area contributed by atoms with Crippen molar-refractivity contribution in [3.8, 4) is 0 Å². The number of nitrogens with zero attached hydrogens (tertiary/aromatic N) is 1. The molecule has 0 aliphatic carbocycles. The van der Waals surface area contributed by atoms with Gasteiger partial charge in [-0.05, 0) is 25.5 Å². The summed E-state index contributed by atoms with van der Waals surface area (Å²) in [4.78, 5) is 10.1. The summed E-state index contributed by atoms with van der Waals surface area (Å²) < 4.78 is 5.20. The number of nitro groups is 1. The molecule has 15 heavy (non-hydrogen) atoms. The molecular weight excluding hydrogens is 194 g/mol. The number of rotatable bonds is 4. The molecule has 0 aromatic heterocycles. The normalized spacial score (nSPS) is 10.9. The lowest BCUT2D eigenvalue weighted by atomic mass is 10.2. The van der Waals surface area contributed by atoms with E-state index in [1.807, 2.05) is 13.8 Å². The van der Waals surface area contributed by atoms with Crippen molar-refractivity contribution < 1.29 is 9.66 Å². The van der Waals surface area contributed by atoms with E-state index in [1.54, 1.807) is 24.5 Å². The number of nitro benzene ring substituents is 1. The minimum absolute atomic E-state index is 0.0849. The first kappa shape index (κ1) is 11.2. The SMILES string of the molecule is CC(C)OC=Cc1cccc([N+](=O)[O-])c1. The highest BCUT2D eigenvalue weighted by atomic mass is 16.6. The van der Waals surface area contributed by atoms with Crippen LogP contribution in [0.15, 0.2) is 30.5 Å². The molecule has 0 spiro atoms. The molecule has 0 bridgehead atoms. The van der Waals surface area contributed by atoms with Crippen molar-refractivity contribution in [3.05, 3.63) is 46.2 Å². The van der Waals surface area contributed by atoms with Gasteiger partial charge < -0.3 is 4.74 Å². The summed E-state index contributed by atoms with van der Waals surface area (Å²) in [6.45, 7) is 3.83. The molecule has 0 heterocycles. The lowest BCUT2D eigenvalue weighted by Gasteiger charge is -2.02. The van der Waals surface area contributed by atoms with E-state index in [-0.39, 0.29) is 11.8 Å². The first-order valence-electron chi connectivity index (χ1n) is 4.66. The van der Waals surface area contributed by atoms with E-state index < -0.39 is 4.92 Å². The molecule has 0 atom stereocenters. The van der Waals surface area contributed by atoms with Crippen molar-refractivity contribution in [3.63, 3.8) is 0 Å². The summed E-state index contributed by atoms with van der Waals surface area (Å²) in [5.41, 5.74) is 0.839. The standard InChI is InChI=1S/C11H13NO3/c1-9(2)15-7-6-10-4-3-5-11(8-10)12(13)14/h3-9H,1-2H3. The zero-order valence-electron chi connectivity index (χ0n) is 8.71. The van der Waals surface area contributed by atoms with Gasteiger partial charge in [-0.15, -0.1) is 0 Å². The Hall–Kier alpha value is -1.84. The Balaban J connectivity index is 2.73. The van der Waals surface area contributed by atoms with E-state index in [2.05, 4.69) is 0 Å². The quantitative estimate of drug-likeness (QED) is 0.433. The van der Waals surface area contributed by atoms with E-state index >= 15 is 0 Å². The molecule has 0 fully saturated rings. The summed E-state index contributed by atoms with van der Waals surface area (Å²) in [5, 5.41) is 10.5. The molecule has 4 heteroatoms. The highest BCUT2D eigenvalue weighted by molar-refractivity contribution is 5.52. The van der Waals surface area contributed by atoms with Gasteiger partial charge in [0.25, 0.3) is 5.69 Å². The van der Waals surface area contributed by atoms with E-state index in [0.717, 1.165) is 5.56 Å². The van der Waals surface area contributed by atoms with Gasteiger partial charge in [-0.25, -0.2) is 0 Å². The van der Waals surface area contributed by atoms with Crippen LogP contribution in [0.2, 0.25) is 0 Å². The van der Waals surface area contributed by atoms with Crippen molar-refractivity contribution in [1.82, 2.24) is 0 Å². The van der Waals surface area contributed by atoms with Crippen molar-refractivity contribution >= 4 is 11.8 Å². The Bertz CT molecular complexity index is 372. The van der Waals surface area contributed by atoms with Crippen molar-refractivity contribution in [2.24, 2.45) is 0 Å². The number of non-ortho nitro benzene ring substituents is 1. The topological polar surface area (TPSA) is 52.4 Å². The van der Waals surface area contributed by atoms with Crippen LogP contribution in [0.25, 0.3) is 6.08 Å². The molecule has 1 aromatic carbocycles. The molecule has 0 N–H and O–H groups in total. The fourth-order valence-electron chi connectivity index (χ4n) is 1.02. The number of benzene rings is 1. The zero-order chi connectivity index (χ0) is 11.3. The summed E-state index contributed by atoms with van der Waals surface area (Å²) in [5.74, 6) is 0. The summed E-state index contributed by atoms with van der Waals surface area (Å²) in [7, 11) is 0. The Labute approximate surface area is 88.3 Å². The molecule has 80 valence electrons. The third-order valence-electron chi connectivity index (χ3n) is 1.69. The van der Waals surface area contributed by atoms with Gasteiger partial charge in [-0.2, -0.15) is 0 Å². The average molecular weight is 207 g/mol. The van der Waals surface area contributed by atoms with Crippen LogP contribution in [-0.2, 0) is 4.74 Å². The molecular formula is C11H13NO3. The predicted molar refractivity (Wildman–Crippen MR) is 58.4 cm³/mol. The Kier molecular flexibility index (Phi) is 3.85. The first-order valence-corrected chi connectivity index (χ1v) is 4.66. The van der Waals surface area contributed by atoms with E-state index in [0.29, 0.717) is 0 Å². The van der Waals surface area contributed by atoms with Gasteiger partial charge in [0.15, 0.2) is 0 Å². The molecule has 4 nitrogen and oxygen atoms in total. The number of ether oxygens (including phenoxy) is 1. The maximum absolute atomic E-state index is 10.5. The largest absolute Gasteiger partial charge is 0.499 e. The van der Waals surface area contributed by atoms with Crippen LogP contribution >= 0.6 is 0 Å². The average Bonchev–Trinajstić information content (AvgIpc) is 2.17. The third kappa shape index (κ3) is 3.81. The second-order valence-electron chi connectivity index (χ2n) is 3.34. The van der Waals surface area contributed by atoms with Gasteiger partial charge in [0.2, 0.25) is 0 Å². The van der Waals surface area contributed by atoms with Gasteiger partial charge >= 0.3 is 0 Å². The van der Waals surface area contributed by atoms with Gasteiger partial charge in [0, 0.05) is 12.1 Å². The van der Waals surface area contributed by atoms with Gasteiger partial charge in [0.1, 0.15) is 0 Å².